The van der Waals surface area contributed by atoms with Crippen molar-refractivity contribution in [3.8, 4) is 0 Å². The van der Waals surface area contributed by atoms with E-state index in [4.69, 9.17) is 4.74 Å². The van der Waals surface area contributed by atoms with Crippen LogP contribution in [0.25, 0.3) is 5.65 Å². The molecule has 0 aliphatic carbocycles. The first-order valence-corrected chi connectivity index (χ1v) is 11.4. The van der Waals surface area contributed by atoms with Gasteiger partial charge in [0.25, 0.3) is 0 Å². The number of amides is 1. The number of ether oxygens (including phenoxy) is 1. The first-order valence-electron chi connectivity index (χ1n) is 11.4. The first kappa shape index (κ1) is 21.1. The molecule has 7 heteroatoms. The second-order valence-electron chi connectivity index (χ2n) is 8.44. The van der Waals surface area contributed by atoms with Gasteiger partial charge in [-0.25, -0.2) is 9.78 Å². The summed E-state index contributed by atoms with van der Waals surface area (Å²) in [6.45, 7) is 8.55. The van der Waals surface area contributed by atoms with Crippen molar-refractivity contribution in [2.24, 2.45) is 0 Å². The number of imidazole rings is 1. The Morgan fingerprint density at radius 2 is 1.85 bits per heavy atom. The van der Waals surface area contributed by atoms with Gasteiger partial charge in [-0.2, -0.15) is 0 Å². The van der Waals surface area contributed by atoms with Gasteiger partial charge in [0.2, 0.25) is 0 Å². The van der Waals surface area contributed by atoms with E-state index >= 15 is 0 Å². The van der Waals surface area contributed by atoms with Crippen molar-refractivity contribution in [2.45, 2.75) is 19.9 Å². The molecule has 170 valence electrons. The van der Waals surface area contributed by atoms with Crippen LogP contribution in [0.3, 0.4) is 0 Å². The average Bonchev–Trinajstić information content (AvgIpc) is 3.48. The lowest BCUT2D eigenvalue weighted by Gasteiger charge is -2.37. The zero-order chi connectivity index (χ0) is 22.8. The van der Waals surface area contributed by atoms with Crippen molar-refractivity contribution < 1.29 is 9.53 Å². The number of benzene rings is 1. The molecule has 0 saturated carbocycles. The van der Waals surface area contributed by atoms with Crippen molar-refractivity contribution in [1.29, 1.82) is 0 Å². The van der Waals surface area contributed by atoms with Crippen LogP contribution in [0.15, 0.2) is 78.9 Å². The number of anilines is 2. The number of allylic oxidation sites excluding steroid dienone is 4. The van der Waals surface area contributed by atoms with E-state index in [1.807, 2.05) is 35.9 Å². The van der Waals surface area contributed by atoms with E-state index in [2.05, 4.69) is 64.2 Å². The third-order valence-corrected chi connectivity index (χ3v) is 6.48. The summed E-state index contributed by atoms with van der Waals surface area (Å²) in [5.41, 5.74) is 5.18. The van der Waals surface area contributed by atoms with E-state index in [9.17, 15) is 4.79 Å². The number of cyclic esters (lactones) is 1. The maximum Gasteiger partial charge on any atom is 0.415 e. The summed E-state index contributed by atoms with van der Waals surface area (Å²) in [4.78, 5) is 23.5. The topological polar surface area (TPSA) is 53.3 Å². The average molecular weight is 444 g/mol. The Hall–Kier alpha value is -3.74. The molecule has 7 nitrogen and oxygen atoms in total. The van der Waals surface area contributed by atoms with Crippen molar-refractivity contribution in [3.63, 3.8) is 0 Å². The Bertz CT molecular complexity index is 1190. The molecule has 0 N–H and O–H groups in total. The SMILES string of the molecule is C/C=C\C=C(/C)N1CCN(c2ccc([C@H]3COC(=O)N3c3ccn4ccnc4c3)cc2)CC1. The molecular weight excluding hydrogens is 414 g/mol. The molecule has 1 aromatic carbocycles. The maximum atomic E-state index is 12.6. The highest BCUT2D eigenvalue weighted by Gasteiger charge is 2.35. The van der Waals surface area contributed by atoms with E-state index in [0.29, 0.717) is 6.61 Å². The summed E-state index contributed by atoms with van der Waals surface area (Å²) in [7, 11) is 0. The molecule has 2 aliphatic rings. The van der Waals surface area contributed by atoms with Gasteiger partial charge < -0.3 is 18.9 Å². The number of hydrogen-bond acceptors (Lipinski definition) is 5. The normalized spacial score (nSPS) is 19.7. The van der Waals surface area contributed by atoms with Gasteiger partial charge >= 0.3 is 6.09 Å². The number of rotatable bonds is 5. The molecule has 33 heavy (non-hydrogen) atoms. The highest BCUT2D eigenvalue weighted by molar-refractivity contribution is 5.91. The molecule has 2 saturated heterocycles. The van der Waals surface area contributed by atoms with Gasteiger partial charge in [-0.05, 0) is 43.7 Å². The van der Waals surface area contributed by atoms with Gasteiger partial charge in [0, 0.05) is 62.2 Å². The van der Waals surface area contributed by atoms with Crippen LogP contribution in [0.4, 0.5) is 16.2 Å². The van der Waals surface area contributed by atoms with E-state index < -0.39 is 0 Å². The van der Waals surface area contributed by atoms with Crippen LogP contribution < -0.4 is 9.80 Å². The maximum absolute atomic E-state index is 12.6. The predicted molar refractivity (Wildman–Crippen MR) is 131 cm³/mol. The van der Waals surface area contributed by atoms with Gasteiger partial charge in [-0.15, -0.1) is 0 Å². The van der Waals surface area contributed by atoms with Crippen molar-refractivity contribution in [2.75, 3.05) is 42.6 Å². The highest BCUT2D eigenvalue weighted by atomic mass is 16.6. The van der Waals surface area contributed by atoms with Crippen molar-refractivity contribution in [3.05, 3.63) is 84.5 Å². The summed E-state index contributed by atoms with van der Waals surface area (Å²) < 4.78 is 7.35. The number of carbonyl (C=O) groups excluding carboxylic acids is 1. The fourth-order valence-electron chi connectivity index (χ4n) is 4.57. The molecule has 3 aromatic rings. The van der Waals surface area contributed by atoms with Crippen molar-refractivity contribution >= 4 is 23.1 Å². The van der Waals surface area contributed by atoms with E-state index in [1.165, 1.54) is 11.4 Å². The number of fused-ring (bicyclic) bond motifs is 1. The Morgan fingerprint density at radius 3 is 2.61 bits per heavy atom. The summed E-state index contributed by atoms with van der Waals surface area (Å²) in [5, 5.41) is 0. The number of piperazine rings is 1. The van der Waals surface area contributed by atoms with Gasteiger partial charge in [-0.3, -0.25) is 4.90 Å². The Morgan fingerprint density at radius 1 is 1.06 bits per heavy atom. The zero-order valence-corrected chi connectivity index (χ0v) is 19.1. The minimum Gasteiger partial charge on any atom is -0.447 e. The third kappa shape index (κ3) is 4.18. The summed E-state index contributed by atoms with van der Waals surface area (Å²) in [5.74, 6) is 0. The largest absolute Gasteiger partial charge is 0.447 e. The molecule has 2 aromatic heterocycles. The highest BCUT2D eigenvalue weighted by Crippen LogP contribution is 2.34. The fourth-order valence-corrected chi connectivity index (χ4v) is 4.57. The van der Waals surface area contributed by atoms with Crippen molar-refractivity contribution in [1.82, 2.24) is 14.3 Å². The number of pyridine rings is 1. The summed E-state index contributed by atoms with van der Waals surface area (Å²) in [6, 6.07) is 12.2. The lowest BCUT2D eigenvalue weighted by molar-refractivity contribution is 0.179. The molecule has 0 radical (unpaired) electrons. The standard InChI is InChI=1S/C26H29N5O2/c1-3-4-5-20(2)28-14-16-29(17-15-28)22-8-6-21(7-9-22)24-19-33-26(32)31(24)23-10-12-30-13-11-27-25(30)18-23/h3-13,18,24H,14-17,19H2,1-2H3/b4-3-,20-5+/t24-/m1/s1. The smallest absolute Gasteiger partial charge is 0.415 e. The van der Waals surface area contributed by atoms with E-state index in [-0.39, 0.29) is 12.1 Å². The van der Waals surface area contributed by atoms with E-state index in [1.54, 1.807) is 11.1 Å². The minimum atomic E-state index is -0.322. The van der Waals surface area contributed by atoms with Gasteiger partial charge in [-0.1, -0.05) is 24.3 Å². The van der Waals surface area contributed by atoms with Gasteiger partial charge in [0.1, 0.15) is 12.3 Å². The second kappa shape index (κ2) is 9.02. The molecule has 2 aliphatic heterocycles. The van der Waals surface area contributed by atoms with Crippen LogP contribution >= 0.6 is 0 Å². The monoisotopic (exact) mass is 443 g/mol. The van der Waals surface area contributed by atoms with Crippen LogP contribution in [0.5, 0.6) is 0 Å². The molecule has 1 amide bonds. The van der Waals surface area contributed by atoms with Crippen LogP contribution in [0.1, 0.15) is 25.5 Å². The van der Waals surface area contributed by atoms with E-state index in [0.717, 1.165) is 43.1 Å². The van der Waals surface area contributed by atoms with Gasteiger partial charge in [0.15, 0.2) is 0 Å². The quantitative estimate of drug-likeness (QED) is 0.538. The zero-order valence-electron chi connectivity index (χ0n) is 19.1. The Balaban J connectivity index is 1.29. The van der Waals surface area contributed by atoms with Crippen LogP contribution in [-0.4, -0.2) is 53.2 Å². The van der Waals surface area contributed by atoms with Crippen LogP contribution in [0, 0.1) is 0 Å². The first-order chi connectivity index (χ1) is 16.1. The van der Waals surface area contributed by atoms with Crippen LogP contribution in [-0.2, 0) is 4.74 Å². The molecule has 0 unspecified atom stereocenters. The summed E-state index contributed by atoms with van der Waals surface area (Å²) in [6.07, 6.45) is 11.5. The second-order valence-corrected chi connectivity index (χ2v) is 8.44. The molecule has 5 rings (SSSR count). The number of aromatic nitrogens is 2. The minimum absolute atomic E-state index is 0.153. The number of nitrogens with zero attached hydrogens (tertiary/aromatic N) is 5. The Kier molecular flexibility index (Phi) is 5.77. The molecule has 1 atom stereocenters. The van der Waals surface area contributed by atoms with Gasteiger partial charge in [0.05, 0.1) is 11.7 Å². The molecular formula is C26H29N5O2. The molecule has 2 fully saturated rings. The molecule has 4 heterocycles. The predicted octanol–water partition coefficient (Wildman–Crippen LogP) is 4.63. The lowest BCUT2D eigenvalue weighted by Crippen LogP contribution is -2.45. The molecule has 0 spiro atoms. The summed E-state index contributed by atoms with van der Waals surface area (Å²) >= 11 is 0. The Labute approximate surface area is 194 Å². The third-order valence-electron chi connectivity index (χ3n) is 6.48. The number of carbonyl (C=O) groups is 1. The molecule has 0 bridgehead atoms. The lowest BCUT2D eigenvalue weighted by atomic mass is 10.1. The van der Waals surface area contributed by atoms with Crippen LogP contribution in [0.2, 0.25) is 0 Å². The number of hydrogen-bond donors (Lipinski definition) is 0. The fraction of sp³-hybridized carbons (Fsp3) is 0.308.